The Bertz CT molecular complexity index is 358. The Morgan fingerprint density at radius 2 is 2.20 bits per heavy atom. The third-order valence-corrected chi connectivity index (χ3v) is 2.39. The van der Waals surface area contributed by atoms with E-state index in [2.05, 4.69) is 5.10 Å². The van der Waals surface area contributed by atoms with Crippen molar-refractivity contribution in [2.24, 2.45) is 7.05 Å². The van der Waals surface area contributed by atoms with Crippen LogP contribution in [0.25, 0.3) is 0 Å². The number of ether oxygens (including phenoxy) is 1. The maximum absolute atomic E-state index is 11.3. The summed E-state index contributed by atoms with van der Waals surface area (Å²) in [5, 5.41) is 4.33. The van der Waals surface area contributed by atoms with Crippen LogP contribution in [-0.2, 0) is 29.5 Å². The molecule has 1 aromatic rings. The number of esters is 1. The molecule has 0 spiro atoms. The van der Waals surface area contributed by atoms with Crippen molar-refractivity contribution in [1.82, 2.24) is 9.78 Å². The molecule has 0 radical (unpaired) electrons. The molecule has 0 amide bonds. The molecule has 0 atom stereocenters. The molecule has 84 valence electrons. The second-order valence-corrected chi connectivity index (χ2v) is 3.32. The maximum Gasteiger partial charge on any atom is 0.316 e. The zero-order chi connectivity index (χ0) is 11.4. The molecule has 0 saturated carbocycles. The summed E-state index contributed by atoms with van der Waals surface area (Å²) in [7, 11) is 1.91. The highest BCUT2D eigenvalue weighted by Gasteiger charge is 2.21. The number of hydrogen-bond donors (Lipinski definition) is 0. The summed E-state index contributed by atoms with van der Waals surface area (Å²) < 4.78 is 8.67. The maximum atomic E-state index is 11.3. The third kappa shape index (κ3) is 2.55. The van der Waals surface area contributed by atoms with Crippen molar-refractivity contribution in [2.45, 2.75) is 33.7 Å². The number of aryl methyl sites for hydroxylation is 1. The highest BCUT2D eigenvalue weighted by Crippen LogP contribution is 1.96. The molecule has 0 fully saturated rings. The summed E-state index contributed by atoms with van der Waals surface area (Å²) >= 11 is 0. The SMILES string of the molecule is CCOC(=O)Cc1nn(CC)c(C)[n+]1C. The molecule has 0 unspecified atom stereocenters. The minimum Gasteiger partial charge on any atom is -0.466 e. The first kappa shape index (κ1) is 11.7. The van der Waals surface area contributed by atoms with Gasteiger partial charge in [-0.1, -0.05) is 0 Å². The normalized spacial score (nSPS) is 10.4. The van der Waals surface area contributed by atoms with Crippen LogP contribution in [0.2, 0.25) is 0 Å². The fraction of sp³-hybridized carbons (Fsp3) is 0.700. The molecule has 0 aromatic carbocycles. The van der Waals surface area contributed by atoms with Gasteiger partial charge in [0.25, 0.3) is 5.82 Å². The van der Waals surface area contributed by atoms with Crippen LogP contribution in [0, 0.1) is 6.92 Å². The summed E-state index contributed by atoms with van der Waals surface area (Å²) in [4.78, 5) is 11.3. The summed E-state index contributed by atoms with van der Waals surface area (Å²) in [6.07, 6.45) is 0.234. The molecule has 1 aromatic heterocycles. The number of rotatable bonds is 4. The quantitative estimate of drug-likeness (QED) is 0.527. The van der Waals surface area contributed by atoms with E-state index in [1.807, 2.05) is 30.1 Å². The van der Waals surface area contributed by atoms with Crippen molar-refractivity contribution in [1.29, 1.82) is 0 Å². The number of carbonyl (C=O) groups excluding carboxylic acids is 1. The van der Waals surface area contributed by atoms with Gasteiger partial charge in [-0.3, -0.25) is 4.79 Å². The van der Waals surface area contributed by atoms with Crippen LogP contribution in [0.5, 0.6) is 0 Å². The van der Waals surface area contributed by atoms with Crippen molar-refractivity contribution in [3.05, 3.63) is 11.6 Å². The molecule has 0 aliphatic carbocycles. The van der Waals surface area contributed by atoms with E-state index < -0.39 is 0 Å². The van der Waals surface area contributed by atoms with Crippen LogP contribution >= 0.6 is 0 Å². The molecule has 1 heterocycles. The molecular weight excluding hydrogens is 194 g/mol. The summed E-state index contributed by atoms with van der Waals surface area (Å²) in [5.41, 5.74) is 0. The van der Waals surface area contributed by atoms with Gasteiger partial charge in [-0.05, 0) is 13.8 Å². The predicted octanol–water partition coefficient (Wildman–Crippen LogP) is 0.142. The van der Waals surface area contributed by atoms with Crippen molar-refractivity contribution in [3.8, 4) is 0 Å². The highest BCUT2D eigenvalue weighted by molar-refractivity contribution is 5.71. The number of carbonyl (C=O) groups is 1. The van der Waals surface area contributed by atoms with Crippen molar-refractivity contribution >= 4 is 5.97 Å². The molecule has 0 saturated heterocycles. The van der Waals surface area contributed by atoms with Gasteiger partial charge in [0.05, 0.1) is 13.7 Å². The van der Waals surface area contributed by atoms with Crippen LogP contribution in [0.3, 0.4) is 0 Å². The standard InChI is InChI=1S/C10H18N3O2/c1-5-13-8(3)12(4)9(11-13)7-10(14)15-6-2/h5-7H2,1-4H3/q+1. The van der Waals surface area contributed by atoms with Crippen LogP contribution in [0.15, 0.2) is 0 Å². The van der Waals surface area contributed by atoms with Gasteiger partial charge < -0.3 is 4.74 Å². The average Bonchev–Trinajstić information content (AvgIpc) is 2.46. The minimum absolute atomic E-state index is 0.228. The van der Waals surface area contributed by atoms with Crippen LogP contribution < -0.4 is 4.57 Å². The topological polar surface area (TPSA) is 48.0 Å². The van der Waals surface area contributed by atoms with E-state index in [0.717, 1.165) is 18.2 Å². The summed E-state index contributed by atoms with van der Waals surface area (Å²) in [6.45, 7) is 7.02. The third-order valence-electron chi connectivity index (χ3n) is 2.39. The van der Waals surface area contributed by atoms with E-state index in [-0.39, 0.29) is 12.4 Å². The van der Waals surface area contributed by atoms with Gasteiger partial charge in [0, 0.05) is 12.0 Å². The average molecular weight is 212 g/mol. The first-order valence-electron chi connectivity index (χ1n) is 5.18. The Balaban J connectivity index is 2.81. The van der Waals surface area contributed by atoms with E-state index in [9.17, 15) is 4.79 Å². The van der Waals surface area contributed by atoms with Crippen LogP contribution in [-0.4, -0.2) is 22.4 Å². The van der Waals surface area contributed by atoms with Crippen LogP contribution in [0.1, 0.15) is 25.5 Å². The van der Waals surface area contributed by atoms with Gasteiger partial charge in [-0.15, -0.1) is 4.68 Å². The molecule has 1 rings (SSSR count). The van der Waals surface area contributed by atoms with E-state index in [0.29, 0.717) is 6.61 Å². The molecule has 0 aliphatic heterocycles. The molecule has 0 bridgehead atoms. The monoisotopic (exact) mass is 212 g/mol. The molecule has 0 N–H and O–H groups in total. The van der Waals surface area contributed by atoms with Gasteiger partial charge in [-0.2, -0.15) is 0 Å². The zero-order valence-electron chi connectivity index (χ0n) is 9.78. The summed E-state index contributed by atoms with van der Waals surface area (Å²) in [6, 6.07) is 0. The lowest BCUT2D eigenvalue weighted by Gasteiger charge is -1.97. The first-order valence-corrected chi connectivity index (χ1v) is 5.18. The smallest absolute Gasteiger partial charge is 0.316 e. The number of nitrogens with zero attached hydrogens (tertiary/aromatic N) is 3. The second-order valence-electron chi connectivity index (χ2n) is 3.32. The molecule has 5 heteroatoms. The Morgan fingerprint density at radius 3 is 2.67 bits per heavy atom. The zero-order valence-corrected chi connectivity index (χ0v) is 9.78. The Labute approximate surface area is 89.7 Å². The van der Waals surface area contributed by atoms with Gasteiger partial charge in [0.2, 0.25) is 5.82 Å². The minimum atomic E-state index is -0.228. The van der Waals surface area contributed by atoms with E-state index in [1.165, 1.54) is 0 Å². The van der Waals surface area contributed by atoms with E-state index in [1.54, 1.807) is 6.92 Å². The molecule has 0 aliphatic rings. The lowest BCUT2D eigenvalue weighted by Crippen LogP contribution is -2.36. The highest BCUT2D eigenvalue weighted by atomic mass is 16.5. The first-order chi connectivity index (χ1) is 7.10. The lowest BCUT2D eigenvalue weighted by atomic mass is 10.4. The van der Waals surface area contributed by atoms with Crippen LogP contribution in [0.4, 0.5) is 0 Å². The van der Waals surface area contributed by atoms with Gasteiger partial charge >= 0.3 is 5.97 Å². The Morgan fingerprint density at radius 1 is 1.53 bits per heavy atom. The second kappa shape index (κ2) is 4.91. The molecule has 15 heavy (non-hydrogen) atoms. The predicted molar refractivity (Wildman–Crippen MR) is 54.2 cm³/mol. The van der Waals surface area contributed by atoms with E-state index >= 15 is 0 Å². The fourth-order valence-electron chi connectivity index (χ4n) is 1.43. The van der Waals surface area contributed by atoms with Gasteiger partial charge in [0.15, 0.2) is 0 Å². The fourth-order valence-corrected chi connectivity index (χ4v) is 1.43. The largest absolute Gasteiger partial charge is 0.466 e. The van der Waals surface area contributed by atoms with Gasteiger partial charge in [0.1, 0.15) is 13.0 Å². The number of hydrogen-bond acceptors (Lipinski definition) is 3. The molecule has 5 nitrogen and oxygen atoms in total. The summed E-state index contributed by atoms with van der Waals surface area (Å²) in [5.74, 6) is 1.55. The Hall–Kier alpha value is -1.39. The lowest BCUT2D eigenvalue weighted by molar-refractivity contribution is -0.685. The van der Waals surface area contributed by atoms with Crippen molar-refractivity contribution in [2.75, 3.05) is 6.61 Å². The number of aromatic nitrogens is 3. The molecular formula is C10H18N3O2+. The van der Waals surface area contributed by atoms with Gasteiger partial charge in [-0.25, -0.2) is 4.57 Å². The van der Waals surface area contributed by atoms with Crippen molar-refractivity contribution < 1.29 is 14.1 Å². The Kier molecular flexibility index (Phi) is 3.82. The van der Waals surface area contributed by atoms with Crippen molar-refractivity contribution in [3.63, 3.8) is 0 Å². The van der Waals surface area contributed by atoms with E-state index in [4.69, 9.17) is 4.74 Å².